The molecule has 0 spiro atoms. The third-order valence-electron chi connectivity index (χ3n) is 4.65. The third kappa shape index (κ3) is 2.63. The largest absolute Gasteiger partial charge is 0.344 e. The lowest BCUT2D eigenvalue weighted by molar-refractivity contribution is -0.149. The number of nitrogens with one attached hydrogen (secondary N) is 1. The van der Waals surface area contributed by atoms with Gasteiger partial charge in [0.05, 0.1) is 5.92 Å². The van der Waals surface area contributed by atoms with Crippen LogP contribution >= 0.6 is 0 Å². The molecule has 22 heavy (non-hydrogen) atoms. The van der Waals surface area contributed by atoms with Crippen molar-refractivity contribution in [3.8, 4) is 0 Å². The van der Waals surface area contributed by atoms with Crippen LogP contribution in [0.15, 0.2) is 24.3 Å². The van der Waals surface area contributed by atoms with Crippen molar-refractivity contribution in [1.29, 1.82) is 0 Å². The average Bonchev–Trinajstić information content (AvgIpc) is 2.55. The van der Waals surface area contributed by atoms with Crippen LogP contribution in [0, 0.1) is 0 Å². The standard InChI is InChI=1S/C17H20N2O3/c1-19-15(20)10-9-14(17(19)22)18-16(21)13-8-4-6-11-5-2-3-7-12(11)13/h2-3,5,7,13-14H,4,6,8-10H2,1H3,(H,18,21). The van der Waals surface area contributed by atoms with Crippen LogP contribution in [0.2, 0.25) is 0 Å². The molecule has 5 heteroatoms. The maximum Gasteiger partial charge on any atom is 0.251 e. The monoisotopic (exact) mass is 300 g/mol. The molecule has 2 atom stereocenters. The number of carbonyl (C=O) groups is 3. The van der Waals surface area contributed by atoms with Crippen molar-refractivity contribution in [3.63, 3.8) is 0 Å². The molecule has 3 rings (SSSR count). The lowest BCUT2D eigenvalue weighted by Gasteiger charge is -2.31. The first-order chi connectivity index (χ1) is 10.6. The number of piperidine rings is 1. The molecule has 1 aliphatic heterocycles. The number of likely N-dealkylation sites (tertiary alicyclic amines) is 1. The number of amides is 3. The molecule has 5 nitrogen and oxygen atoms in total. The third-order valence-corrected chi connectivity index (χ3v) is 4.65. The van der Waals surface area contributed by atoms with Crippen molar-refractivity contribution in [2.75, 3.05) is 7.05 Å². The van der Waals surface area contributed by atoms with Crippen molar-refractivity contribution in [2.24, 2.45) is 0 Å². The lowest BCUT2D eigenvalue weighted by atomic mass is 9.82. The van der Waals surface area contributed by atoms with E-state index < -0.39 is 6.04 Å². The molecule has 0 saturated carbocycles. The molecule has 0 aromatic heterocycles. The Kier molecular flexibility index (Phi) is 3.96. The van der Waals surface area contributed by atoms with E-state index in [0.29, 0.717) is 12.8 Å². The topological polar surface area (TPSA) is 66.5 Å². The molecule has 2 unspecified atom stereocenters. The van der Waals surface area contributed by atoms with Gasteiger partial charge in [0.15, 0.2) is 0 Å². The minimum absolute atomic E-state index is 0.103. The number of hydrogen-bond donors (Lipinski definition) is 1. The highest BCUT2D eigenvalue weighted by Gasteiger charge is 2.35. The van der Waals surface area contributed by atoms with Gasteiger partial charge in [-0.2, -0.15) is 0 Å². The van der Waals surface area contributed by atoms with E-state index in [9.17, 15) is 14.4 Å². The molecule has 1 aliphatic carbocycles. The summed E-state index contributed by atoms with van der Waals surface area (Å²) >= 11 is 0. The summed E-state index contributed by atoms with van der Waals surface area (Å²) in [4.78, 5) is 37.3. The Morgan fingerprint density at radius 2 is 1.95 bits per heavy atom. The van der Waals surface area contributed by atoms with Gasteiger partial charge >= 0.3 is 0 Å². The number of fused-ring (bicyclic) bond motifs is 1. The van der Waals surface area contributed by atoms with Crippen LogP contribution in [-0.2, 0) is 20.8 Å². The molecule has 1 heterocycles. The Hall–Kier alpha value is -2.17. The Bertz CT molecular complexity index is 626. The molecule has 1 fully saturated rings. The number of aryl methyl sites for hydroxylation is 1. The first kappa shape index (κ1) is 14.8. The number of imide groups is 1. The molecule has 0 bridgehead atoms. The van der Waals surface area contributed by atoms with Gasteiger partial charge in [-0.05, 0) is 36.8 Å². The summed E-state index contributed by atoms with van der Waals surface area (Å²) < 4.78 is 0. The Morgan fingerprint density at radius 3 is 2.77 bits per heavy atom. The maximum absolute atomic E-state index is 12.6. The fraction of sp³-hybridized carbons (Fsp3) is 0.471. The fourth-order valence-corrected chi connectivity index (χ4v) is 3.35. The van der Waals surface area contributed by atoms with Gasteiger partial charge in [0.25, 0.3) is 5.91 Å². The molecule has 1 N–H and O–H groups in total. The minimum Gasteiger partial charge on any atom is -0.344 e. The van der Waals surface area contributed by atoms with Crippen LogP contribution < -0.4 is 5.32 Å². The van der Waals surface area contributed by atoms with Gasteiger partial charge in [0.1, 0.15) is 6.04 Å². The smallest absolute Gasteiger partial charge is 0.251 e. The lowest BCUT2D eigenvalue weighted by Crippen LogP contribution is -2.53. The second-order valence-corrected chi connectivity index (χ2v) is 6.03. The van der Waals surface area contributed by atoms with E-state index in [1.165, 1.54) is 12.6 Å². The maximum atomic E-state index is 12.6. The summed E-state index contributed by atoms with van der Waals surface area (Å²) in [6.07, 6.45) is 3.47. The van der Waals surface area contributed by atoms with Crippen molar-refractivity contribution in [2.45, 2.75) is 44.1 Å². The van der Waals surface area contributed by atoms with Crippen LogP contribution in [0.1, 0.15) is 42.7 Å². The second kappa shape index (κ2) is 5.91. The van der Waals surface area contributed by atoms with Gasteiger partial charge < -0.3 is 5.32 Å². The van der Waals surface area contributed by atoms with Crippen LogP contribution in [0.5, 0.6) is 0 Å². The van der Waals surface area contributed by atoms with Crippen molar-refractivity contribution < 1.29 is 14.4 Å². The van der Waals surface area contributed by atoms with E-state index in [2.05, 4.69) is 11.4 Å². The number of hydrogen-bond acceptors (Lipinski definition) is 3. The molecule has 1 aromatic rings. The Morgan fingerprint density at radius 1 is 1.18 bits per heavy atom. The zero-order valence-corrected chi connectivity index (χ0v) is 12.7. The molecule has 116 valence electrons. The zero-order valence-electron chi connectivity index (χ0n) is 12.7. The highest BCUT2D eigenvalue weighted by atomic mass is 16.2. The normalized spacial score (nSPS) is 24.9. The van der Waals surface area contributed by atoms with Crippen molar-refractivity contribution in [3.05, 3.63) is 35.4 Å². The number of rotatable bonds is 2. The van der Waals surface area contributed by atoms with E-state index in [0.717, 1.165) is 29.7 Å². The molecular weight excluding hydrogens is 280 g/mol. The molecule has 1 saturated heterocycles. The number of carbonyl (C=O) groups excluding carboxylic acids is 3. The van der Waals surface area contributed by atoms with Gasteiger partial charge in [0, 0.05) is 13.5 Å². The summed E-state index contributed by atoms with van der Waals surface area (Å²) in [5.41, 5.74) is 2.29. The first-order valence-corrected chi connectivity index (χ1v) is 7.76. The van der Waals surface area contributed by atoms with E-state index in [1.807, 2.05) is 18.2 Å². The van der Waals surface area contributed by atoms with Gasteiger partial charge in [-0.15, -0.1) is 0 Å². The highest BCUT2D eigenvalue weighted by molar-refractivity contribution is 6.01. The molecule has 2 aliphatic rings. The summed E-state index contributed by atoms with van der Waals surface area (Å²) in [5, 5.41) is 2.85. The predicted octanol–water partition coefficient (Wildman–Crippen LogP) is 1.37. The van der Waals surface area contributed by atoms with E-state index in [4.69, 9.17) is 0 Å². The van der Waals surface area contributed by atoms with Crippen molar-refractivity contribution >= 4 is 17.7 Å². The minimum atomic E-state index is -0.579. The quantitative estimate of drug-likeness (QED) is 0.839. The predicted molar refractivity (Wildman–Crippen MR) is 81.1 cm³/mol. The van der Waals surface area contributed by atoms with Gasteiger partial charge in [-0.1, -0.05) is 24.3 Å². The van der Waals surface area contributed by atoms with Crippen LogP contribution in [0.4, 0.5) is 0 Å². The summed E-state index contributed by atoms with van der Waals surface area (Å²) in [6.45, 7) is 0. The fourth-order valence-electron chi connectivity index (χ4n) is 3.35. The average molecular weight is 300 g/mol. The molecular formula is C17H20N2O3. The second-order valence-electron chi connectivity index (χ2n) is 6.03. The number of likely N-dealkylation sites (N-methyl/N-ethyl adjacent to an activating group) is 1. The Labute approximate surface area is 129 Å². The van der Waals surface area contributed by atoms with Gasteiger partial charge in [0.2, 0.25) is 11.8 Å². The summed E-state index contributed by atoms with van der Waals surface area (Å²) in [7, 11) is 1.47. The number of benzene rings is 1. The van der Waals surface area contributed by atoms with Crippen LogP contribution in [0.25, 0.3) is 0 Å². The molecule has 0 radical (unpaired) electrons. The van der Waals surface area contributed by atoms with Crippen molar-refractivity contribution in [1.82, 2.24) is 10.2 Å². The van der Waals surface area contributed by atoms with Crippen LogP contribution in [0.3, 0.4) is 0 Å². The highest BCUT2D eigenvalue weighted by Crippen LogP contribution is 2.31. The zero-order chi connectivity index (χ0) is 15.7. The van der Waals surface area contributed by atoms with Gasteiger partial charge in [-0.25, -0.2) is 0 Å². The summed E-state index contributed by atoms with van der Waals surface area (Å²) in [5.74, 6) is -0.791. The summed E-state index contributed by atoms with van der Waals surface area (Å²) in [6, 6.07) is 7.42. The van der Waals surface area contributed by atoms with E-state index in [1.54, 1.807) is 0 Å². The van der Waals surface area contributed by atoms with Gasteiger partial charge in [-0.3, -0.25) is 19.3 Å². The van der Waals surface area contributed by atoms with E-state index >= 15 is 0 Å². The molecule has 1 aromatic carbocycles. The van der Waals surface area contributed by atoms with Crippen LogP contribution in [-0.4, -0.2) is 35.7 Å². The number of nitrogens with zero attached hydrogens (tertiary/aromatic N) is 1. The van der Waals surface area contributed by atoms with E-state index in [-0.39, 0.29) is 23.6 Å². The SMILES string of the molecule is CN1C(=O)CCC(NC(=O)C2CCCc3ccccc32)C1=O. The Balaban J connectivity index is 1.73. The molecule has 3 amide bonds. The first-order valence-electron chi connectivity index (χ1n) is 7.76.